The van der Waals surface area contributed by atoms with Crippen LogP contribution < -0.4 is 10.6 Å². The molecule has 2 saturated carbocycles. The van der Waals surface area contributed by atoms with Crippen LogP contribution in [0, 0.1) is 18.3 Å². The average Bonchev–Trinajstić information content (AvgIpc) is 3.31. The Kier molecular flexibility index (Phi) is 5.94. The van der Waals surface area contributed by atoms with E-state index in [-0.39, 0.29) is 18.6 Å². The predicted molar refractivity (Wildman–Crippen MR) is 141 cm³/mol. The lowest BCUT2D eigenvalue weighted by Crippen LogP contribution is -2.62. The van der Waals surface area contributed by atoms with E-state index in [1.54, 1.807) is 17.1 Å². The molecule has 2 heterocycles. The van der Waals surface area contributed by atoms with E-state index in [9.17, 15) is 23.6 Å². The van der Waals surface area contributed by atoms with Gasteiger partial charge < -0.3 is 15.1 Å². The van der Waals surface area contributed by atoms with Crippen molar-refractivity contribution in [2.75, 3.05) is 0 Å². The first kappa shape index (κ1) is 25.7. The maximum Gasteiger partial charge on any atom is 0.287 e. The molecule has 0 aliphatic heterocycles. The number of nitrogens with zero attached hydrogens (tertiary/aromatic N) is 4. The number of halogens is 2. The summed E-state index contributed by atoms with van der Waals surface area (Å²) in [7, 11) is 0. The molecule has 0 saturated heterocycles. The summed E-state index contributed by atoms with van der Waals surface area (Å²) in [5, 5.41) is 19.6. The topological polar surface area (TPSA) is 126 Å². The van der Waals surface area contributed by atoms with Crippen LogP contribution in [0.4, 0.5) is 8.78 Å². The fourth-order valence-electron chi connectivity index (χ4n) is 5.20. The molecule has 0 bridgehead atoms. The average molecular weight is 545 g/mol. The number of aryl methyl sites for hydroxylation is 1. The van der Waals surface area contributed by atoms with Crippen LogP contribution in [0.1, 0.15) is 54.6 Å². The smallest absolute Gasteiger partial charge is 0.287 e. The highest BCUT2D eigenvalue weighted by Crippen LogP contribution is 2.41. The molecule has 4 aromatic rings. The summed E-state index contributed by atoms with van der Waals surface area (Å²) < 4.78 is 35.6. The van der Waals surface area contributed by atoms with Crippen LogP contribution in [-0.2, 0) is 4.79 Å². The van der Waals surface area contributed by atoms with E-state index in [0.717, 1.165) is 22.4 Å². The predicted octanol–water partition coefficient (Wildman–Crippen LogP) is 4.84. The number of alkyl halides is 2. The largest absolute Gasteiger partial charge is 0.451 e. The molecule has 2 aliphatic carbocycles. The number of fused-ring (bicyclic) bond motifs is 1. The van der Waals surface area contributed by atoms with Crippen LogP contribution in [0.15, 0.2) is 59.5 Å². The van der Waals surface area contributed by atoms with E-state index < -0.39 is 41.7 Å². The van der Waals surface area contributed by atoms with Gasteiger partial charge in [-0.05, 0) is 73.6 Å². The van der Waals surface area contributed by atoms with E-state index in [4.69, 9.17) is 4.42 Å². The van der Waals surface area contributed by atoms with Crippen LogP contribution in [0.3, 0.4) is 0 Å². The molecule has 204 valence electrons. The van der Waals surface area contributed by atoms with Gasteiger partial charge in [-0.2, -0.15) is 10.4 Å². The van der Waals surface area contributed by atoms with Crippen molar-refractivity contribution in [2.24, 2.45) is 0 Å². The summed E-state index contributed by atoms with van der Waals surface area (Å²) in [6.45, 7) is 1.98. The summed E-state index contributed by atoms with van der Waals surface area (Å²) in [5.41, 5.74) is 1.63. The van der Waals surface area contributed by atoms with Crippen LogP contribution in [-0.4, -0.2) is 43.6 Å². The molecule has 2 aliphatic rings. The number of carbonyl (C=O) groups excluding carboxylic acids is 2. The summed E-state index contributed by atoms with van der Waals surface area (Å²) in [5.74, 6) is -4.23. The maximum absolute atomic E-state index is 14.0. The number of furan rings is 1. The Morgan fingerprint density at radius 2 is 1.73 bits per heavy atom. The molecule has 2 aromatic carbocycles. The van der Waals surface area contributed by atoms with Gasteiger partial charge in [-0.25, -0.2) is 18.4 Å². The van der Waals surface area contributed by atoms with E-state index in [1.807, 2.05) is 43.3 Å². The zero-order valence-electron chi connectivity index (χ0n) is 21.7. The van der Waals surface area contributed by atoms with Gasteiger partial charge in [-0.15, -0.1) is 0 Å². The van der Waals surface area contributed by atoms with Crippen molar-refractivity contribution >= 4 is 22.8 Å². The minimum absolute atomic E-state index is 0.0317. The lowest BCUT2D eigenvalue weighted by Gasteiger charge is -2.39. The molecule has 11 heteroatoms. The highest BCUT2D eigenvalue weighted by Gasteiger charge is 2.53. The van der Waals surface area contributed by atoms with E-state index >= 15 is 0 Å². The van der Waals surface area contributed by atoms with Crippen molar-refractivity contribution in [1.29, 1.82) is 5.26 Å². The normalized spacial score (nSPS) is 18.6. The molecule has 0 atom stereocenters. The number of rotatable bonds is 6. The fourth-order valence-corrected chi connectivity index (χ4v) is 5.20. The molecule has 9 nitrogen and oxygen atoms in total. The molecular formula is C29H26F2N6O3. The SMILES string of the molecule is Cc1cc(-c2ccc3cc(C(=O)NC4(C(=O)NC5(C#N)CC5)CCC(F)(F)CC4)oc3c2)ccc1-n1cncn1. The summed E-state index contributed by atoms with van der Waals surface area (Å²) >= 11 is 0. The first-order valence-electron chi connectivity index (χ1n) is 13.0. The third-order valence-electron chi connectivity index (χ3n) is 7.88. The number of amides is 2. The number of carbonyl (C=O) groups is 2. The van der Waals surface area contributed by atoms with Gasteiger partial charge in [-0.3, -0.25) is 9.59 Å². The highest BCUT2D eigenvalue weighted by atomic mass is 19.3. The Labute approximate surface area is 228 Å². The number of hydrogen-bond acceptors (Lipinski definition) is 6. The number of nitrogens with one attached hydrogen (secondary N) is 2. The van der Waals surface area contributed by atoms with Gasteiger partial charge in [0.25, 0.3) is 5.91 Å². The second-order valence-electron chi connectivity index (χ2n) is 10.7. The molecule has 2 amide bonds. The Bertz CT molecular complexity index is 1660. The molecule has 0 radical (unpaired) electrons. The zero-order valence-corrected chi connectivity index (χ0v) is 21.7. The van der Waals surface area contributed by atoms with Crippen molar-refractivity contribution in [1.82, 2.24) is 25.4 Å². The third kappa shape index (κ3) is 4.70. The first-order chi connectivity index (χ1) is 19.1. The third-order valence-corrected chi connectivity index (χ3v) is 7.88. The molecule has 6 rings (SSSR count). The lowest BCUT2D eigenvalue weighted by molar-refractivity contribution is -0.133. The van der Waals surface area contributed by atoms with Gasteiger partial charge in [0.15, 0.2) is 5.76 Å². The van der Waals surface area contributed by atoms with E-state index in [0.29, 0.717) is 23.8 Å². The molecule has 2 N–H and O–H groups in total. The van der Waals surface area contributed by atoms with Gasteiger partial charge in [0.1, 0.15) is 29.3 Å². The second kappa shape index (κ2) is 9.26. The van der Waals surface area contributed by atoms with Crippen molar-refractivity contribution < 1.29 is 22.8 Å². The first-order valence-corrected chi connectivity index (χ1v) is 13.0. The standard InChI is InChI=1S/C29H26F2N6O3/c1-18-12-19(4-5-22(18)37-17-33-16-34-37)20-2-3-21-14-24(40-23(21)13-20)25(38)35-28(8-10-29(30,31)11-9-28)26(39)36-27(15-32)6-7-27/h2-5,12-14,16-17H,6-11H2,1H3,(H,35,38)(H,36,39). The molecule has 2 aromatic heterocycles. The van der Waals surface area contributed by atoms with Gasteiger partial charge in [0.2, 0.25) is 11.8 Å². The van der Waals surface area contributed by atoms with Crippen LogP contribution in [0.5, 0.6) is 0 Å². The van der Waals surface area contributed by atoms with Gasteiger partial charge >= 0.3 is 0 Å². The van der Waals surface area contributed by atoms with E-state index in [2.05, 4.69) is 26.8 Å². The Balaban J connectivity index is 1.25. The minimum Gasteiger partial charge on any atom is -0.451 e. The molecule has 0 spiro atoms. The zero-order chi connectivity index (χ0) is 28.1. The number of hydrogen-bond donors (Lipinski definition) is 2. The molecule has 40 heavy (non-hydrogen) atoms. The minimum atomic E-state index is -2.91. The highest BCUT2D eigenvalue weighted by molar-refractivity contribution is 6.01. The van der Waals surface area contributed by atoms with E-state index in [1.165, 1.54) is 6.33 Å². The van der Waals surface area contributed by atoms with Gasteiger partial charge in [0, 0.05) is 18.2 Å². The van der Waals surface area contributed by atoms with Gasteiger partial charge in [0.05, 0.1) is 11.8 Å². The Morgan fingerprint density at radius 3 is 2.38 bits per heavy atom. The summed E-state index contributed by atoms with van der Waals surface area (Å²) in [6.07, 6.45) is 2.51. The molecular weight excluding hydrogens is 518 g/mol. The fraction of sp³-hybridized carbons (Fsp3) is 0.345. The maximum atomic E-state index is 14.0. The van der Waals surface area contributed by atoms with Crippen molar-refractivity contribution in [3.05, 3.63) is 66.4 Å². The summed E-state index contributed by atoms with van der Waals surface area (Å²) in [4.78, 5) is 30.5. The van der Waals surface area contributed by atoms with Crippen LogP contribution in [0.2, 0.25) is 0 Å². The number of benzene rings is 2. The molecule has 2 fully saturated rings. The van der Waals surface area contributed by atoms with Crippen molar-refractivity contribution in [2.45, 2.75) is 62.4 Å². The quantitative estimate of drug-likeness (QED) is 0.358. The monoisotopic (exact) mass is 544 g/mol. The van der Waals surface area contributed by atoms with Crippen LogP contribution >= 0.6 is 0 Å². The number of aromatic nitrogens is 3. The Hall–Kier alpha value is -4.59. The number of nitriles is 1. The molecule has 0 unspecified atom stereocenters. The summed E-state index contributed by atoms with van der Waals surface area (Å²) in [6, 6.07) is 15.1. The van der Waals surface area contributed by atoms with Crippen molar-refractivity contribution in [3.8, 4) is 22.9 Å². The lowest BCUT2D eigenvalue weighted by atomic mass is 9.78. The second-order valence-corrected chi connectivity index (χ2v) is 10.7. The van der Waals surface area contributed by atoms with Crippen molar-refractivity contribution in [3.63, 3.8) is 0 Å². The van der Waals surface area contributed by atoms with Gasteiger partial charge in [-0.1, -0.05) is 18.2 Å². The Morgan fingerprint density at radius 1 is 1.00 bits per heavy atom. The van der Waals surface area contributed by atoms with Crippen LogP contribution in [0.25, 0.3) is 27.8 Å².